The minimum Gasteiger partial charge on any atom is -0.338 e. The number of likely N-dealkylation sites (tertiary alicyclic amines) is 1. The van der Waals surface area contributed by atoms with Crippen molar-refractivity contribution in [1.29, 1.82) is 0 Å². The maximum absolute atomic E-state index is 12.7. The third kappa shape index (κ3) is 3.63. The van der Waals surface area contributed by atoms with Gasteiger partial charge in [0.25, 0.3) is 5.91 Å². The third-order valence-corrected chi connectivity index (χ3v) is 4.79. The smallest absolute Gasteiger partial charge is 0.253 e. The van der Waals surface area contributed by atoms with E-state index in [1.54, 1.807) is 0 Å². The molecule has 1 aromatic carbocycles. The molecular weight excluding hydrogens is 286 g/mol. The Morgan fingerprint density at radius 2 is 2.09 bits per heavy atom. The maximum Gasteiger partial charge on any atom is 0.253 e. The molecule has 3 rings (SSSR count). The Hall–Kier alpha value is -2.10. The van der Waals surface area contributed by atoms with Gasteiger partial charge in [0.2, 0.25) is 0 Å². The Morgan fingerprint density at radius 3 is 2.74 bits per heavy atom. The number of carbonyl (C=O) groups excluding carboxylic acids is 1. The van der Waals surface area contributed by atoms with E-state index >= 15 is 0 Å². The van der Waals surface area contributed by atoms with Crippen molar-refractivity contribution in [3.8, 4) is 0 Å². The summed E-state index contributed by atoms with van der Waals surface area (Å²) in [5, 5.41) is 0. The molecule has 0 bridgehead atoms. The molecule has 0 N–H and O–H groups in total. The molecule has 0 spiro atoms. The van der Waals surface area contributed by atoms with Crippen LogP contribution < -0.4 is 0 Å². The van der Waals surface area contributed by atoms with Gasteiger partial charge in [0.05, 0.1) is 0 Å². The quantitative estimate of drug-likeness (QED) is 0.869. The first-order valence-electron chi connectivity index (χ1n) is 8.53. The van der Waals surface area contributed by atoms with Crippen LogP contribution in [0.15, 0.2) is 36.7 Å². The summed E-state index contributed by atoms with van der Waals surface area (Å²) < 4.78 is 2.19. The van der Waals surface area contributed by atoms with Gasteiger partial charge in [-0.1, -0.05) is 19.1 Å². The van der Waals surface area contributed by atoms with Gasteiger partial charge in [-0.05, 0) is 49.8 Å². The van der Waals surface area contributed by atoms with E-state index in [-0.39, 0.29) is 5.91 Å². The van der Waals surface area contributed by atoms with E-state index in [1.807, 2.05) is 36.4 Å². The molecule has 1 amide bonds. The SMILES string of the molecule is CCc1ccc(C(=O)N2CCCC(Cn3ccnc3C)C2)cc1. The number of aryl methyl sites for hydroxylation is 2. The van der Waals surface area contributed by atoms with Crippen LogP contribution in [0, 0.1) is 12.8 Å². The molecule has 1 unspecified atom stereocenters. The van der Waals surface area contributed by atoms with Gasteiger partial charge in [0.1, 0.15) is 5.82 Å². The summed E-state index contributed by atoms with van der Waals surface area (Å²) in [6.07, 6.45) is 7.13. The molecule has 1 aromatic heterocycles. The third-order valence-electron chi connectivity index (χ3n) is 4.79. The zero-order chi connectivity index (χ0) is 16.2. The first kappa shape index (κ1) is 15.8. The summed E-state index contributed by atoms with van der Waals surface area (Å²) in [6.45, 7) is 6.81. The average molecular weight is 311 g/mol. The van der Waals surface area contributed by atoms with Crippen molar-refractivity contribution in [3.63, 3.8) is 0 Å². The Labute approximate surface area is 138 Å². The first-order valence-corrected chi connectivity index (χ1v) is 8.53. The molecule has 1 aliphatic heterocycles. The molecule has 0 saturated carbocycles. The lowest BCUT2D eigenvalue weighted by atomic mass is 9.97. The lowest BCUT2D eigenvalue weighted by Crippen LogP contribution is -2.41. The molecule has 0 radical (unpaired) electrons. The zero-order valence-electron chi connectivity index (χ0n) is 14.0. The van der Waals surface area contributed by atoms with E-state index in [1.165, 1.54) is 12.0 Å². The predicted molar refractivity (Wildman–Crippen MR) is 91.4 cm³/mol. The van der Waals surface area contributed by atoms with Gasteiger partial charge in [0.15, 0.2) is 0 Å². The molecule has 4 heteroatoms. The summed E-state index contributed by atoms with van der Waals surface area (Å²) in [5.74, 6) is 1.72. The van der Waals surface area contributed by atoms with Crippen molar-refractivity contribution in [3.05, 3.63) is 53.6 Å². The van der Waals surface area contributed by atoms with Gasteiger partial charge in [-0.25, -0.2) is 4.98 Å². The topological polar surface area (TPSA) is 38.1 Å². The summed E-state index contributed by atoms with van der Waals surface area (Å²) >= 11 is 0. The lowest BCUT2D eigenvalue weighted by Gasteiger charge is -2.33. The van der Waals surface area contributed by atoms with Gasteiger partial charge >= 0.3 is 0 Å². The number of nitrogens with zero attached hydrogens (tertiary/aromatic N) is 3. The van der Waals surface area contributed by atoms with Crippen molar-refractivity contribution in [2.24, 2.45) is 5.92 Å². The van der Waals surface area contributed by atoms with Crippen LogP contribution in [-0.2, 0) is 13.0 Å². The van der Waals surface area contributed by atoms with Gasteiger partial charge in [-0.15, -0.1) is 0 Å². The second kappa shape index (κ2) is 6.99. The van der Waals surface area contributed by atoms with Crippen molar-refractivity contribution in [2.45, 2.75) is 39.7 Å². The highest BCUT2D eigenvalue weighted by atomic mass is 16.2. The zero-order valence-corrected chi connectivity index (χ0v) is 14.0. The molecule has 2 heterocycles. The minimum atomic E-state index is 0.166. The minimum absolute atomic E-state index is 0.166. The molecule has 4 nitrogen and oxygen atoms in total. The Bertz CT molecular complexity index is 660. The fourth-order valence-electron chi connectivity index (χ4n) is 3.34. The van der Waals surface area contributed by atoms with E-state index in [0.717, 1.165) is 43.9 Å². The molecule has 0 aliphatic carbocycles. The van der Waals surface area contributed by atoms with Crippen LogP contribution in [0.25, 0.3) is 0 Å². The van der Waals surface area contributed by atoms with Crippen LogP contribution in [0.5, 0.6) is 0 Å². The highest BCUT2D eigenvalue weighted by molar-refractivity contribution is 5.94. The van der Waals surface area contributed by atoms with E-state index < -0.39 is 0 Å². The average Bonchev–Trinajstić information content (AvgIpc) is 2.99. The maximum atomic E-state index is 12.7. The summed E-state index contributed by atoms with van der Waals surface area (Å²) in [6, 6.07) is 8.04. The highest BCUT2D eigenvalue weighted by Gasteiger charge is 2.24. The van der Waals surface area contributed by atoms with Crippen LogP contribution in [0.3, 0.4) is 0 Å². The summed E-state index contributed by atoms with van der Waals surface area (Å²) in [7, 11) is 0. The number of piperidine rings is 1. The van der Waals surface area contributed by atoms with Gasteiger partial charge < -0.3 is 9.47 Å². The normalized spacial score (nSPS) is 18.2. The molecule has 1 aliphatic rings. The molecular formula is C19H25N3O. The van der Waals surface area contributed by atoms with Crippen molar-refractivity contribution in [2.75, 3.05) is 13.1 Å². The van der Waals surface area contributed by atoms with E-state index in [9.17, 15) is 4.79 Å². The second-order valence-electron chi connectivity index (χ2n) is 6.44. The molecule has 2 aromatic rings. The number of amides is 1. The van der Waals surface area contributed by atoms with Crippen LogP contribution in [-0.4, -0.2) is 33.4 Å². The van der Waals surface area contributed by atoms with Crippen molar-refractivity contribution >= 4 is 5.91 Å². The summed E-state index contributed by atoms with van der Waals surface area (Å²) in [5.41, 5.74) is 2.08. The Balaban J connectivity index is 1.65. The van der Waals surface area contributed by atoms with Crippen LogP contribution in [0.4, 0.5) is 0 Å². The van der Waals surface area contributed by atoms with Crippen LogP contribution in [0.1, 0.15) is 41.5 Å². The fourth-order valence-corrected chi connectivity index (χ4v) is 3.34. The highest BCUT2D eigenvalue weighted by Crippen LogP contribution is 2.21. The first-order chi connectivity index (χ1) is 11.2. The number of benzene rings is 1. The summed E-state index contributed by atoms with van der Waals surface area (Å²) in [4.78, 5) is 19.0. The molecule has 1 saturated heterocycles. The second-order valence-corrected chi connectivity index (χ2v) is 6.44. The number of imidazole rings is 1. The standard InChI is InChI=1S/C19H25N3O/c1-3-16-6-8-18(9-7-16)19(23)22-11-4-5-17(14-22)13-21-12-10-20-15(21)2/h6-10,12,17H,3-5,11,13-14H2,1-2H3. The van der Waals surface area contributed by atoms with Gasteiger partial charge in [0, 0.05) is 37.6 Å². The number of rotatable bonds is 4. The molecule has 23 heavy (non-hydrogen) atoms. The lowest BCUT2D eigenvalue weighted by molar-refractivity contribution is 0.0662. The van der Waals surface area contributed by atoms with E-state index in [4.69, 9.17) is 0 Å². The van der Waals surface area contributed by atoms with E-state index in [2.05, 4.69) is 28.6 Å². The monoisotopic (exact) mass is 311 g/mol. The number of carbonyl (C=O) groups is 1. The Kier molecular flexibility index (Phi) is 4.79. The van der Waals surface area contributed by atoms with E-state index in [0.29, 0.717) is 5.92 Å². The number of aromatic nitrogens is 2. The fraction of sp³-hybridized carbons (Fsp3) is 0.474. The number of hydrogen-bond donors (Lipinski definition) is 0. The van der Waals surface area contributed by atoms with Crippen molar-refractivity contribution < 1.29 is 4.79 Å². The largest absolute Gasteiger partial charge is 0.338 e. The Morgan fingerprint density at radius 1 is 1.30 bits per heavy atom. The van der Waals surface area contributed by atoms with Crippen LogP contribution in [0.2, 0.25) is 0 Å². The molecule has 122 valence electrons. The molecule has 1 atom stereocenters. The van der Waals surface area contributed by atoms with Gasteiger partial charge in [-0.3, -0.25) is 4.79 Å². The molecule has 1 fully saturated rings. The van der Waals surface area contributed by atoms with Crippen molar-refractivity contribution in [1.82, 2.24) is 14.5 Å². The van der Waals surface area contributed by atoms with Crippen LogP contribution >= 0.6 is 0 Å². The predicted octanol–water partition coefficient (Wildman–Crippen LogP) is 3.31. The van der Waals surface area contributed by atoms with Gasteiger partial charge in [-0.2, -0.15) is 0 Å². The number of hydrogen-bond acceptors (Lipinski definition) is 2.